The molecule has 1 aliphatic heterocycles. The van der Waals surface area contributed by atoms with Gasteiger partial charge in [-0.15, -0.1) is 0 Å². The molecule has 1 fully saturated rings. The third-order valence-electron chi connectivity index (χ3n) is 2.96. The standard InChI is InChI=1S/C15H14N2Se/c1-11-10-17(2)15(18-11)16-14-9-5-7-12-6-3-4-8-13(12)14/h3-9H,1,10H2,2H3. The maximum absolute atomic E-state index is 4.83. The number of rotatable bonds is 1. The molecule has 0 N–H and O–H groups in total. The Hall–Kier alpha value is -1.57. The van der Waals surface area contributed by atoms with Crippen LogP contribution in [0.15, 0.2) is 58.5 Å². The summed E-state index contributed by atoms with van der Waals surface area (Å²) in [4.78, 5) is 7.03. The molecule has 2 aromatic rings. The second-order valence-electron chi connectivity index (χ2n) is 4.39. The van der Waals surface area contributed by atoms with Crippen molar-refractivity contribution in [2.24, 2.45) is 4.99 Å². The number of likely N-dealkylation sites (N-methyl/N-ethyl adjacent to an activating group) is 1. The van der Waals surface area contributed by atoms with Crippen LogP contribution in [0.25, 0.3) is 10.8 Å². The van der Waals surface area contributed by atoms with Crippen LogP contribution in [0, 0.1) is 0 Å². The van der Waals surface area contributed by atoms with Gasteiger partial charge in [-0.1, -0.05) is 0 Å². The number of benzene rings is 2. The molecule has 0 amide bonds. The summed E-state index contributed by atoms with van der Waals surface area (Å²) in [5.41, 5.74) is 1.06. The van der Waals surface area contributed by atoms with Crippen LogP contribution in [0.5, 0.6) is 0 Å². The molecule has 1 saturated heterocycles. The minimum atomic E-state index is 0.311. The molecule has 0 radical (unpaired) electrons. The van der Waals surface area contributed by atoms with Crippen LogP contribution in [0.2, 0.25) is 0 Å². The Morgan fingerprint density at radius 3 is 2.72 bits per heavy atom. The summed E-state index contributed by atoms with van der Waals surface area (Å²) >= 11 is 0.311. The van der Waals surface area contributed by atoms with Crippen LogP contribution in [-0.2, 0) is 0 Å². The monoisotopic (exact) mass is 302 g/mol. The Morgan fingerprint density at radius 1 is 1.17 bits per heavy atom. The average Bonchev–Trinajstić information content (AvgIpc) is 2.68. The van der Waals surface area contributed by atoms with E-state index in [4.69, 9.17) is 4.99 Å². The zero-order valence-corrected chi connectivity index (χ0v) is 12.0. The predicted octanol–water partition coefficient (Wildman–Crippen LogP) is 2.99. The summed E-state index contributed by atoms with van der Waals surface area (Å²) in [6.07, 6.45) is 0. The van der Waals surface area contributed by atoms with E-state index in [2.05, 4.69) is 61.0 Å². The van der Waals surface area contributed by atoms with Crippen molar-refractivity contribution in [1.82, 2.24) is 4.90 Å². The fourth-order valence-electron chi connectivity index (χ4n) is 2.09. The molecule has 2 aromatic carbocycles. The van der Waals surface area contributed by atoms with Gasteiger partial charge in [-0.3, -0.25) is 0 Å². The zero-order valence-electron chi connectivity index (χ0n) is 10.3. The van der Waals surface area contributed by atoms with Crippen molar-refractivity contribution in [3.05, 3.63) is 53.5 Å². The Bertz CT molecular complexity index is 640. The van der Waals surface area contributed by atoms with Crippen molar-refractivity contribution in [3.8, 4) is 0 Å². The Morgan fingerprint density at radius 2 is 1.94 bits per heavy atom. The third-order valence-corrected chi connectivity index (χ3v) is 5.06. The van der Waals surface area contributed by atoms with E-state index in [0.717, 1.165) is 12.2 Å². The van der Waals surface area contributed by atoms with E-state index >= 15 is 0 Å². The molecule has 18 heavy (non-hydrogen) atoms. The molecule has 0 atom stereocenters. The molecule has 0 spiro atoms. The number of nitrogens with zero attached hydrogens (tertiary/aromatic N) is 2. The molecule has 1 heterocycles. The summed E-state index contributed by atoms with van der Waals surface area (Å²) in [5, 5.41) is 2.46. The average molecular weight is 301 g/mol. The Balaban J connectivity index is 2.10. The molecule has 0 aromatic heterocycles. The van der Waals surface area contributed by atoms with Gasteiger partial charge in [0.25, 0.3) is 0 Å². The quantitative estimate of drug-likeness (QED) is 0.739. The Labute approximate surface area is 113 Å². The van der Waals surface area contributed by atoms with Crippen LogP contribution >= 0.6 is 0 Å². The van der Waals surface area contributed by atoms with Gasteiger partial charge >= 0.3 is 113 Å². The first-order valence-corrected chi connectivity index (χ1v) is 7.58. The SMILES string of the molecule is C=C1CN(C)C(=Nc2cccc3ccccc23)[Se]1. The molecule has 0 bridgehead atoms. The van der Waals surface area contributed by atoms with Crippen LogP contribution in [0.1, 0.15) is 0 Å². The first kappa shape index (κ1) is 11.5. The summed E-state index contributed by atoms with van der Waals surface area (Å²) < 4.78 is 2.47. The van der Waals surface area contributed by atoms with E-state index in [1.807, 2.05) is 0 Å². The molecule has 2 nitrogen and oxygen atoms in total. The number of fused-ring (bicyclic) bond motifs is 1. The van der Waals surface area contributed by atoms with Crippen molar-refractivity contribution in [2.75, 3.05) is 13.6 Å². The summed E-state index contributed by atoms with van der Waals surface area (Å²) in [7, 11) is 2.09. The van der Waals surface area contributed by atoms with Crippen LogP contribution in [0.3, 0.4) is 0 Å². The van der Waals surface area contributed by atoms with Crippen molar-refractivity contribution >= 4 is 36.2 Å². The normalized spacial score (nSPS) is 17.9. The van der Waals surface area contributed by atoms with Gasteiger partial charge in [0.2, 0.25) is 0 Å². The summed E-state index contributed by atoms with van der Waals surface area (Å²) in [5.74, 6) is 0. The van der Waals surface area contributed by atoms with Crippen molar-refractivity contribution < 1.29 is 0 Å². The number of aliphatic imine (C=N–C) groups is 1. The molecular formula is C15H14N2Se. The zero-order chi connectivity index (χ0) is 12.5. The second kappa shape index (κ2) is 4.60. The summed E-state index contributed by atoms with van der Waals surface area (Å²) in [6, 6.07) is 14.7. The van der Waals surface area contributed by atoms with Gasteiger partial charge < -0.3 is 0 Å². The first-order valence-electron chi connectivity index (χ1n) is 5.87. The van der Waals surface area contributed by atoms with Gasteiger partial charge in [-0.05, 0) is 0 Å². The molecule has 0 aliphatic carbocycles. The number of hydrogen-bond acceptors (Lipinski definition) is 1. The van der Waals surface area contributed by atoms with Gasteiger partial charge in [0.05, 0.1) is 0 Å². The molecule has 3 heteroatoms. The third kappa shape index (κ3) is 2.07. The number of hydrogen-bond donors (Lipinski definition) is 0. The molecule has 0 unspecified atom stereocenters. The van der Waals surface area contributed by atoms with Gasteiger partial charge in [0.15, 0.2) is 0 Å². The fourth-order valence-corrected chi connectivity index (χ4v) is 3.94. The second-order valence-corrected chi connectivity index (χ2v) is 6.80. The molecule has 3 rings (SSSR count). The first-order chi connectivity index (χ1) is 8.74. The van der Waals surface area contributed by atoms with Crippen LogP contribution in [0.4, 0.5) is 5.69 Å². The van der Waals surface area contributed by atoms with Crippen molar-refractivity contribution in [3.63, 3.8) is 0 Å². The van der Waals surface area contributed by atoms with E-state index in [1.54, 1.807) is 0 Å². The fraction of sp³-hybridized carbons (Fsp3) is 0.133. The summed E-state index contributed by atoms with van der Waals surface area (Å²) in [6.45, 7) is 5.01. The van der Waals surface area contributed by atoms with Crippen LogP contribution < -0.4 is 0 Å². The topological polar surface area (TPSA) is 15.6 Å². The van der Waals surface area contributed by atoms with E-state index < -0.39 is 0 Å². The van der Waals surface area contributed by atoms with E-state index in [1.165, 1.54) is 20.0 Å². The van der Waals surface area contributed by atoms with Gasteiger partial charge in [0, 0.05) is 0 Å². The van der Waals surface area contributed by atoms with Crippen molar-refractivity contribution in [2.45, 2.75) is 0 Å². The number of amidine groups is 1. The minimum absolute atomic E-state index is 0.311. The molecule has 90 valence electrons. The molecule has 1 aliphatic rings. The van der Waals surface area contributed by atoms with E-state index in [0.29, 0.717) is 15.0 Å². The predicted molar refractivity (Wildman–Crippen MR) is 78.6 cm³/mol. The molecule has 0 saturated carbocycles. The maximum atomic E-state index is 4.83. The van der Waals surface area contributed by atoms with E-state index in [9.17, 15) is 0 Å². The molecular weight excluding hydrogens is 287 g/mol. The van der Waals surface area contributed by atoms with Gasteiger partial charge in [0.1, 0.15) is 0 Å². The van der Waals surface area contributed by atoms with E-state index in [-0.39, 0.29) is 0 Å². The van der Waals surface area contributed by atoms with Gasteiger partial charge in [-0.2, -0.15) is 0 Å². The van der Waals surface area contributed by atoms with Crippen LogP contribution in [-0.4, -0.2) is 38.2 Å². The Kier molecular flexibility index (Phi) is 2.94. The van der Waals surface area contributed by atoms with Crippen molar-refractivity contribution in [1.29, 1.82) is 0 Å². The van der Waals surface area contributed by atoms with Gasteiger partial charge in [-0.25, -0.2) is 0 Å².